The predicted molar refractivity (Wildman–Crippen MR) is 57.4 cm³/mol. The zero-order valence-electron chi connectivity index (χ0n) is 9.29. The summed E-state index contributed by atoms with van der Waals surface area (Å²) in [7, 11) is 0. The van der Waals surface area contributed by atoms with Crippen molar-refractivity contribution in [1.82, 2.24) is 15.5 Å². The van der Waals surface area contributed by atoms with Crippen LogP contribution in [0.2, 0.25) is 0 Å². The van der Waals surface area contributed by atoms with Crippen LogP contribution >= 0.6 is 0 Å². The Kier molecular flexibility index (Phi) is 3.20. The SMILES string of the molecule is CCNCc1nnc(NCC2CC2C)o1. The third-order valence-corrected chi connectivity index (χ3v) is 2.78. The zero-order chi connectivity index (χ0) is 10.7. The molecule has 0 amide bonds. The molecule has 2 rings (SSSR count). The van der Waals surface area contributed by atoms with Gasteiger partial charge >= 0.3 is 6.01 Å². The molecule has 84 valence electrons. The summed E-state index contributed by atoms with van der Waals surface area (Å²) < 4.78 is 5.40. The van der Waals surface area contributed by atoms with E-state index in [2.05, 4.69) is 27.8 Å². The third kappa shape index (κ3) is 2.92. The van der Waals surface area contributed by atoms with Crippen LogP contribution < -0.4 is 10.6 Å². The van der Waals surface area contributed by atoms with E-state index in [1.54, 1.807) is 0 Å². The Morgan fingerprint density at radius 3 is 2.93 bits per heavy atom. The van der Waals surface area contributed by atoms with Crippen LogP contribution in [-0.4, -0.2) is 23.3 Å². The molecule has 1 aliphatic rings. The maximum Gasteiger partial charge on any atom is 0.315 e. The molecule has 1 aliphatic carbocycles. The molecule has 0 aliphatic heterocycles. The lowest BCUT2D eigenvalue weighted by Gasteiger charge is -1.98. The Morgan fingerprint density at radius 2 is 2.27 bits per heavy atom. The predicted octanol–water partition coefficient (Wildman–Crippen LogP) is 1.25. The molecule has 2 N–H and O–H groups in total. The molecule has 0 radical (unpaired) electrons. The van der Waals surface area contributed by atoms with Gasteiger partial charge in [-0.05, 0) is 24.8 Å². The summed E-state index contributed by atoms with van der Waals surface area (Å²) in [6, 6.07) is 0.544. The number of hydrogen-bond donors (Lipinski definition) is 2. The molecule has 1 aromatic rings. The highest BCUT2D eigenvalue weighted by molar-refractivity contribution is 5.17. The van der Waals surface area contributed by atoms with Crippen molar-refractivity contribution in [2.24, 2.45) is 11.8 Å². The van der Waals surface area contributed by atoms with Crippen LogP contribution in [0.15, 0.2) is 4.42 Å². The fourth-order valence-electron chi connectivity index (χ4n) is 1.53. The van der Waals surface area contributed by atoms with Gasteiger partial charge in [-0.15, -0.1) is 5.10 Å². The minimum Gasteiger partial charge on any atom is -0.407 e. The smallest absolute Gasteiger partial charge is 0.315 e. The maximum atomic E-state index is 5.40. The highest BCUT2D eigenvalue weighted by Gasteiger charge is 2.32. The second kappa shape index (κ2) is 4.61. The van der Waals surface area contributed by atoms with Crippen molar-refractivity contribution in [2.45, 2.75) is 26.8 Å². The van der Waals surface area contributed by atoms with Crippen LogP contribution in [0.1, 0.15) is 26.2 Å². The normalized spacial score (nSPS) is 24.1. The van der Waals surface area contributed by atoms with Gasteiger partial charge in [-0.25, -0.2) is 0 Å². The molecule has 0 aromatic carbocycles. The number of nitrogens with one attached hydrogen (secondary N) is 2. The van der Waals surface area contributed by atoms with Gasteiger partial charge in [-0.2, -0.15) is 0 Å². The molecule has 1 saturated carbocycles. The third-order valence-electron chi connectivity index (χ3n) is 2.78. The van der Waals surface area contributed by atoms with E-state index in [1.165, 1.54) is 6.42 Å². The fraction of sp³-hybridized carbons (Fsp3) is 0.800. The minimum absolute atomic E-state index is 0.544. The lowest BCUT2D eigenvalue weighted by Crippen LogP contribution is -2.11. The van der Waals surface area contributed by atoms with Crippen LogP contribution in [0.4, 0.5) is 6.01 Å². The number of anilines is 1. The van der Waals surface area contributed by atoms with Gasteiger partial charge in [0.05, 0.1) is 6.54 Å². The average Bonchev–Trinajstić information content (AvgIpc) is 2.77. The Hall–Kier alpha value is -1.10. The van der Waals surface area contributed by atoms with Gasteiger partial charge in [-0.3, -0.25) is 0 Å². The van der Waals surface area contributed by atoms with Crippen LogP contribution in [0.5, 0.6) is 0 Å². The second-order valence-electron chi connectivity index (χ2n) is 4.14. The fourth-order valence-corrected chi connectivity index (χ4v) is 1.53. The molecule has 0 bridgehead atoms. The van der Waals surface area contributed by atoms with Crippen LogP contribution in [-0.2, 0) is 6.54 Å². The van der Waals surface area contributed by atoms with E-state index in [-0.39, 0.29) is 0 Å². The molecular formula is C10H18N4O. The topological polar surface area (TPSA) is 63.0 Å². The first-order valence-corrected chi connectivity index (χ1v) is 5.56. The van der Waals surface area contributed by atoms with Crippen LogP contribution in [0, 0.1) is 11.8 Å². The van der Waals surface area contributed by atoms with Gasteiger partial charge < -0.3 is 15.1 Å². The number of nitrogens with zero attached hydrogens (tertiary/aromatic N) is 2. The highest BCUT2D eigenvalue weighted by Crippen LogP contribution is 2.37. The van der Waals surface area contributed by atoms with Crippen molar-refractivity contribution in [1.29, 1.82) is 0 Å². The molecule has 5 heteroatoms. The van der Waals surface area contributed by atoms with E-state index < -0.39 is 0 Å². The molecule has 15 heavy (non-hydrogen) atoms. The Labute approximate surface area is 89.6 Å². The first-order valence-electron chi connectivity index (χ1n) is 5.56. The summed E-state index contributed by atoms with van der Waals surface area (Å²) in [5.74, 6) is 2.28. The number of aromatic nitrogens is 2. The van der Waals surface area contributed by atoms with Crippen molar-refractivity contribution in [3.05, 3.63) is 5.89 Å². The summed E-state index contributed by atoms with van der Waals surface area (Å²) in [5, 5.41) is 14.2. The van der Waals surface area contributed by atoms with Crippen molar-refractivity contribution >= 4 is 6.01 Å². The van der Waals surface area contributed by atoms with Crippen molar-refractivity contribution in [2.75, 3.05) is 18.4 Å². The summed E-state index contributed by atoms with van der Waals surface area (Å²) in [6.45, 7) is 6.81. The summed E-state index contributed by atoms with van der Waals surface area (Å²) in [4.78, 5) is 0. The van der Waals surface area contributed by atoms with E-state index in [0.29, 0.717) is 18.5 Å². The second-order valence-corrected chi connectivity index (χ2v) is 4.14. The largest absolute Gasteiger partial charge is 0.407 e. The van der Waals surface area contributed by atoms with E-state index in [1.807, 2.05) is 6.92 Å². The van der Waals surface area contributed by atoms with E-state index in [0.717, 1.165) is 24.9 Å². The molecule has 1 aromatic heterocycles. The first-order chi connectivity index (χ1) is 7.29. The quantitative estimate of drug-likeness (QED) is 0.739. The first kappa shape index (κ1) is 10.4. The molecule has 5 nitrogen and oxygen atoms in total. The lowest BCUT2D eigenvalue weighted by molar-refractivity contribution is 0.480. The van der Waals surface area contributed by atoms with E-state index >= 15 is 0 Å². The lowest BCUT2D eigenvalue weighted by atomic mass is 10.3. The molecule has 2 unspecified atom stereocenters. The van der Waals surface area contributed by atoms with E-state index in [4.69, 9.17) is 4.42 Å². The summed E-state index contributed by atoms with van der Waals surface area (Å²) >= 11 is 0. The molecular weight excluding hydrogens is 192 g/mol. The molecule has 0 saturated heterocycles. The number of rotatable bonds is 6. The van der Waals surface area contributed by atoms with Gasteiger partial charge in [0.15, 0.2) is 0 Å². The summed E-state index contributed by atoms with van der Waals surface area (Å²) in [6.07, 6.45) is 1.31. The molecule has 0 spiro atoms. The van der Waals surface area contributed by atoms with Crippen molar-refractivity contribution < 1.29 is 4.42 Å². The molecule has 1 heterocycles. The summed E-state index contributed by atoms with van der Waals surface area (Å²) in [5.41, 5.74) is 0. The monoisotopic (exact) mass is 210 g/mol. The van der Waals surface area contributed by atoms with Crippen molar-refractivity contribution in [3.8, 4) is 0 Å². The Balaban J connectivity index is 1.74. The Morgan fingerprint density at radius 1 is 1.47 bits per heavy atom. The highest BCUT2D eigenvalue weighted by atomic mass is 16.4. The van der Waals surface area contributed by atoms with Gasteiger partial charge in [0.25, 0.3) is 0 Å². The van der Waals surface area contributed by atoms with Gasteiger partial charge in [0.1, 0.15) is 0 Å². The Bertz CT molecular complexity index is 312. The average molecular weight is 210 g/mol. The molecule has 2 atom stereocenters. The van der Waals surface area contributed by atoms with E-state index in [9.17, 15) is 0 Å². The van der Waals surface area contributed by atoms with Gasteiger partial charge in [0.2, 0.25) is 5.89 Å². The molecule has 1 fully saturated rings. The van der Waals surface area contributed by atoms with Gasteiger partial charge in [-0.1, -0.05) is 18.9 Å². The number of hydrogen-bond acceptors (Lipinski definition) is 5. The van der Waals surface area contributed by atoms with Crippen molar-refractivity contribution in [3.63, 3.8) is 0 Å². The van der Waals surface area contributed by atoms with Gasteiger partial charge in [0, 0.05) is 6.54 Å². The minimum atomic E-state index is 0.544. The van der Waals surface area contributed by atoms with Crippen LogP contribution in [0.3, 0.4) is 0 Å². The standard InChI is InChI=1S/C10H18N4O/c1-3-11-6-9-13-14-10(15-9)12-5-8-4-7(8)2/h7-8,11H,3-6H2,1-2H3,(H,12,14). The maximum absolute atomic E-state index is 5.40. The zero-order valence-corrected chi connectivity index (χ0v) is 9.29. The van der Waals surface area contributed by atoms with Crippen LogP contribution in [0.25, 0.3) is 0 Å².